The van der Waals surface area contributed by atoms with Crippen molar-refractivity contribution in [2.75, 3.05) is 26.5 Å². The average molecular weight is 643 g/mol. The van der Waals surface area contributed by atoms with Crippen molar-refractivity contribution in [3.63, 3.8) is 0 Å². The normalized spacial score (nSPS) is 16.3. The van der Waals surface area contributed by atoms with Crippen molar-refractivity contribution in [2.45, 2.75) is 25.0 Å². The Morgan fingerprint density at radius 2 is 1.62 bits per heavy atom. The number of aromatic nitrogens is 4. The van der Waals surface area contributed by atoms with Gasteiger partial charge in [0, 0.05) is 49.4 Å². The van der Waals surface area contributed by atoms with Gasteiger partial charge >= 0.3 is 24.3 Å². The topological polar surface area (TPSA) is 149 Å². The highest BCUT2D eigenvalue weighted by molar-refractivity contribution is 5.73. The van der Waals surface area contributed by atoms with Crippen molar-refractivity contribution in [3.05, 3.63) is 72.3 Å². The van der Waals surface area contributed by atoms with Crippen molar-refractivity contribution in [1.82, 2.24) is 24.7 Å². The van der Waals surface area contributed by atoms with Gasteiger partial charge in [-0.1, -0.05) is 23.4 Å². The minimum atomic E-state index is -5.08. The summed E-state index contributed by atoms with van der Waals surface area (Å²) < 4.78 is 82.3. The number of fused-ring (bicyclic) bond motifs is 2. The highest BCUT2D eigenvalue weighted by Crippen LogP contribution is 2.33. The molecule has 18 heteroatoms. The monoisotopic (exact) mass is 643 g/mol. The molecule has 0 bridgehead atoms. The Hall–Kier alpha value is -4.97. The zero-order valence-corrected chi connectivity index (χ0v) is 22.8. The number of carboxylic acid groups (broad SMARTS) is 2. The number of benzene rings is 1. The van der Waals surface area contributed by atoms with E-state index in [1.807, 2.05) is 35.1 Å². The lowest BCUT2D eigenvalue weighted by molar-refractivity contribution is -0.193. The molecule has 1 unspecified atom stereocenters. The van der Waals surface area contributed by atoms with Gasteiger partial charge in [-0.3, -0.25) is 9.88 Å². The number of hydrogen-bond donors (Lipinski definition) is 2. The first kappa shape index (κ1) is 32.9. The van der Waals surface area contributed by atoms with Crippen LogP contribution < -0.4 is 9.47 Å². The SMILES string of the molecule is O=C(O)C(F)(F)F.O=C(O)C(F)(F)F.c1cncc(-c2ccc3c(C4CN(Cc5ccc6c(c5)OCO6)CCO4)nnn3c2)c1. The van der Waals surface area contributed by atoms with Crippen LogP contribution in [0, 0.1) is 0 Å². The predicted molar refractivity (Wildman–Crippen MR) is 140 cm³/mol. The Morgan fingerprint density at radius 3 is 2.27 bits per heavy atom. The molecule has 2 aliphatic heterocycles. The molecule has 0 amide bonds. The number of pyridine rings is 2. The summed E-state index contributed by atoms with van der Waals surface area (Å²) in [6.07, 6.45) is -4.69. The maximum Gasteiger partial charge on any atom is 0.490 e. The molecular weight excluding hydrogens is 620 g/mol. The van der Waals surface area contributed by atoms with Gasteiger partial charge < -0.3 is 24.4 Å². The van der Waals surface area contributed by atoms with Gasteiger partial charge in [-0.2, -0.15) is 26.3 Å². The number of morpholine rings is 1. The Morgan fingerprint density at radius 1 is 0.933 bits per heavy atom. The number of nitrogens with zero attached hydrogens (tertiary/aromatic N) is 5. The molecule has 2 aliphatic rings. The van der Waals surface area contributed by atoms with Gasteiger partial charge in [0.2, 0.25) is 6.79 Å². The fraction of sp³-hybridized carbons (Fsp3) is 0.296. The molecule has 12 nitrogen and oxygen atoms in total. The van der Waals surface area contributed by atoms with E-state index in [9.17, 15) is 26.3 Å². The molecule has 4 aromatic rings. The Balaban J connectivity index is 0.000000277. The third-order valence-electron chi connectivity index (χ3n) is 6.22. The molecule has 45 heavy (non-hydrogen) atoms. The minimum absolute atomic E-state index is 0.121. The summed E-state index contributed by atoms with van der Waals surface area (Å²) in [6.45, 7) is 3.40. The van der Waals surface area contributed by atoms with Crippen LogP contribution in [0.5, 0.6) is 11.5 Å². The van der Waals surface area contributed by atoms with Crippen LogP contribution in [0.4, 0.5) is 26.3 Å². The van der Waals surface area contributed by atoms with E-state index in [0.717, 1.165) is 53.5 Å². The summed E-state index contributed by atoms with van der Waals surface area (Å²) in [5, 5.41) is 23.0. The molecule has 3 aromatic heterocycles. The smallest absolute Gasteiger partial charge is 0.475 e. The van der Waals surface area contributed by atoms with E-state index in [1.54, 1.807) is 6.20 Å². The van der Waals surface area contributed by atoms with Gasteiger partial charge in [-0.25, -0.2) is 14.1 Å². The van der Waals surface area contributed by atoms with Gasteiger partial charge in [0.15, 0.2) is 11.5 Å². The minimum Gasteiger partial charge on any atom is -0.475 e. The zero-order valence-electron chi connectivity index (χ0n) is 22.8. The van der Waals surface area contributed by atoms with E-state index < -0.39 is 24.3 Å². The van der Waals surface area contributed by atoms with Gasteiger partial charge in [0.1, 0.15) is 11.8 Å². The van der Waals surface area contributed by atoms with Crippen LogP contribution in [0.15, 0.2) is 61.1 Å². The summed E-state index contributed by atoms with van der Waals surface area (Å²) in [6, 6.07) is 14.2. The first-order valence-corrected chi connectivity index (χ1v) is 12.8. The molecule has 240 valence electrons. The van der Waals surface area contributed by atoms with Gasteiger partial charge in [-0.15, -0.1) is 5.10 Å². The maximum atomic E-state index is 10.6. The summed E-state index contributed by atoms with van der Waals surface area (Å²) in [5.74, 6) is -3.89. The molecule has 2 N–H and O–H groups in total. The van der Waals surface area contributed by atoms with Crippen LogP contribution in [0.1, 0.15) is 17.4 Å². The second-order valence-electron chi connectivity index (χ2n) is 9.35. The van der Waals surface area contributed by atoms with Crippen LogP contribution in [-0.2, 0) is 20.9 Å². The number of rotatable bonds is 4. The summed E-state index contributed by atoms with van der Waals surface area (Å²) >= 11 is 0. The number of aliphatic carboxylic acids is 2. The van der Waals surface area contributed by atoms with Crippen molar-refractivity contribution in [1.29, 1.82) is 0 Å². The van der Waals surface area contributed by atoms with Crippen LogP contribution >= 0.6 is 0 Å². The third-order valence-corrected chi connectivity index (χ3v) is 6.22. The zero-order chi connectivity index (χ0) is 32.8. The van der Waals surface area contributed by atoms with Crippen molar-refractivity contribution in [3.8, 4) is 22.6 Å². The largest absolute Gasteiger partial charge is 0.490 e. The van der Waals surface area contributed by atoms with Crippen LogP contribution in [0.3, 0.4) is 0 Å². The second kappa shape index (κ2) is 13.8. The maximum absolute atomic E-state index is 10.6. The van der Waals surface area contributed by atoms with E-state index in [4.69, 9.17) is 34.0 Å². The molecular formula is C27H23F6N5O7. The highest BCUT2D eigenvalue weighted by atomic mass is 19.4. The predicted octanol–water partition coefficient (Wildman–Crippen LogP) is 4.36. The highest BCUT2D eigenvalue weighted by Gasteiger charge is 2.39. The van der Waals surface area contributed by atoms with Gasteiger partial charge in [0.25, 0.3) is 0 Å². The van der Waals surface area contributed by atoms with Crippen LogP contribution in [-0.4, -0.2) is 85.7 Å². The first-order chi connectivity index (χ1) is 21.2. The lowest BCUT2D eigenvalue weighted by Crippen LogP contribution is -2.38. The number of carboxylic acids is 2. The lowest BCUT2D eigenvalue weighted by atomic mass is 10.1. The van der Waals surface area contributed by atoms with E-state index in [2.05, 4.69) is 44.5 Å². The van der Waals surface area contributed by atoms with E-state index >= 15 is 0 Å². The lowest BCUT2D eigenvalue weighted by Gasteiger charge is -2.32. The quantitative estimate of drug-likeness (QED) is 0.306. The molecule has 1 fully saturated rings. The molecule has 1 aromatic carbocycles. The Bertz CT molecular complexity index is 1610. The Kier molecular flexibility index (Phi) is 10.1. The summed E-state index contributed by atoms with van der Waals surface area (Å²) in [5.41, 5.74) is 5.12. The molecule has 0 saturated carbocycles. The van der Waals surface area contributed by atoms with Crippen LogP contribution in [0.25, 0.3) is 16.6 Å². The van der Waals surface area contributed by atoms with Gasteiger partial charge in [0.05, 0.1) is 12.1 Å². The first-order valence-electron chi connectivity index (χ1n) is 12.8. The number of carbonyl (C=O) groups is 2. The summed E-state index contributed by atoms with van der Waals surface area (Å²) in [4.78, 5) is 24.4. The third kappa shape index (κ3) is 8.79. The van der Waals surface area contributed by atoms with Crippen LogP contribution in [0.2, 0.25) is 0 Å². The van der Waals surface area contributed by atoms with E-state index in [-0.39, 0.29) is 6.10 Å². The van der Waals surface area contributed by atoms with E-state index in [1.165, 1.54) is 5.56 Å². The number of alkyl halides is 6. The number of hydrogen-bond acceptors (Lipinski definition) is 9. The summed E-state index contributed by atoms with van der Waals surface area (Å²) in [7, 11) is 0. The molecule has 6 rings (SSSR count). The fourth-order valence-electron chi connectivity index (χ4n) is 4.16. The fourth-order valence-corrected chi connectivity index (χ4v) is 4.16. The second-order valence-corrected chi connectivity index (χ2v) is 9.35. The average Bonchev–Trinajstić information content (AvgIpc) is 3.64. The standard InChI is InChI=1S/C23H21N5O3.2C2HF3O2/c1-2-17(11-24-7-1)18-4-5-19-23(25-26-28(19)13-18)22-14-27(8-9-29-22)12-16-3-6-20-21(10-16)31-15-30-20;2*3-2(4,5)1(6)7/h1-7,10-11,13,22H,8-9,12,14-15H2;2*(H,6,7). The molecule has 0 spiro atoms. The van der Waals surface area contributed by atoms with Gasteiger partial charge in [-0.05, 0) is 29.8 Å². The van der Waals surface area contributed by atoms with Crippen molar-refractivity contribution < 1.29 is 60.4 Å². The molecule has 0 aliphatic carbocycles. The molecule has 5 heterocycles. The van der Waals surface area contributed by atoms with Crippen molar-refractivity contribution in [2.24, 2.45) is 0 Å². The molecule has 1 atom stereocenters. The Labute approximate surface area is 249 Å². The molecule has 1 saturated heterocycles. The number of halogens is 6. The molecule has 0 radical (unpaired) electrons. The van der Waals surface area contributed by atoms with Crippen molar-refractivity contribution >= 4 is 17.5 Å². The number of ether oxygens (including phenoxy) is 3. The van der Waals surface area contributed by atoms with E-state index in [0.29, 0.717) is 13.4 Å².